The van der Waals surface area contributed by atoms with Crippen molar-refractivity contribution in [2.75, 3.05) is 0 Å². The first kappa shape index (κ1) is 9.99. The zero-order valence-corrected chi connectivity index (χ0v) is 8.45. The molecule has 1 rings (SSSR count). The maximum Gasteiger partial charge on any atom is 0.291 e. The van der Waals surface area contributed by atoms with Crippen LogP contribution in [0.4, 0.5) is 4.39 Å². The normalized spacial score (nSPS) is 15.2. The molecule has 2 nitrogen and oxygen atoms in total. The highest BCUT2D eigenvalue weighted by Gasteiger charge is 2.07. The molecule has 0 fully saturated rings. The monoisotopic (exact) mass is 224 g/mol. The third-order valence-electron chi connectivity index (χ3n) is 1.02. The number of thiol groups is 1. The van der Waals surface area contributed by atoms with E-state index in [0.29, 0.717) is 0 Å². The lowest BCUT2D eigenvalue weighted by molar-refractivity contribution is 0.501. The lowest BCUT2D eigenvalue weighted by atomic mass is 10.3. The Bertz CT molecular complexity index is 325. The topological polar surface area (TPSA) is 29.5 Å². The van der Waals surface area contributed by atoms with Gasteiger partial charge in [-0.05, 0) is 23.9 Å². The molecule has 0 aliphatic rings. The molecule has 0 spiro atoms. The third-order valence-corrected chi connectivity index (χ3v) is 1.94. The van der Waals surface area contributed by atoms with Crippen molar-refractivity contribution in [1.29, 1.82) is 0 Å². The van der Waals surface area contributed by atoms with E-state index >= 15 is 0 Å². The van der Waals surface area contributed by atoms with Crippen molar-refractivity contribution in [1.82, 2.24) is 0 Å². The maximum absolute atomic E-state index is 12.5. The van der Waals surface area contributed by atoms with Crippen LogP contribution in [0.1, 0.15) is 0 Å². The molecule has 0 radical (unpaired) electrons. The molecule has 0 bridgehead atoms. The summed E-state index contributed by atoms with van der Waals surface area (Å²) < 4.78 is 17.3. The van der Waals surface area contributed by atoms with Gasteiger partial charge in [0.25, 0.3) is 5.69 Å². The van der Waals surface area contributed by atoms with Crippen LogP contribution < -0.4 is 4.52 Å². The molecular weight excluding hydrogens is 218 g/mol. The largest absolute Gasteiger partial charge is 0.436 e. The maximum atomic E-state index is 12.5. The Hall–Kier alpha value is -0.0900. The van der Waals surface area contributed by atoms with E-state index in [2.05, 4.69) is 24.1 Å². The summed E-state index contributed by atoms with van der Waals surface area (Å²) in [7, 11) is 0. The van der Waals surface area contributed by atoms with Gasteiger partial charge in [0, 0.05) is 6.07 Å². The van der Waals surface area contributed by atoms with Crippen molar-refractivity contribution in [3.05, 3.63) is 30.1 Å². The second-order valence-corrected chi connectivity index (χ2v) is 7.13. The van der Waals surface area contributed by atoms with Gasteiger partial charge in [0.2, 0.25) is 0 Å². The van der Waals surface area contributed by atoms with Crippen LogP contribution in [0.2, 0.25) is 0 Å². The molecule has 66 valence electrons. The predicted molar refractivity (Wildman–Crippen MR) is 52.5 cm³/mol. The Morgan fingerprint density at radius 3 is 2.75 bits per heavy atom. The zero-order chi connectivity index (χ0) is 9.19. The van der Waals surface area contributed by atoms with Crippen LogP contribution in [0.25, 0.3) is 0 Å². The molecule has 0 saturated carbocycles. The molecule has 0 aliphatic heterocycles. The summed E-state index contributed by atoms with van der Waals surface area (Å²) in [5.41, 5.74) is -3.05. The summed E-state index contributed by atoms with van der Waals surface area (Å²) in [5, 5.41) is 0. The standard InChI is InChI=1S/C6H6FO2PS2/c7-5-2-1-3-6(4-5)9-10(8,11)12/h1-4H,(H2,8,11,12). The van der Waals surface area contributed by atoms with Gasteiger partial charge in [0.1, 0.15) is 11.6 Å². The fourth-order valence-electron chi connectivity index (χ4n) is 0.661. The fourth-order valence-corrected chi connectivity index (χ4v) is 1.59. The number of benzene rings is 1. The highest BCUT2D eigenvalue weighted by molar-refractivity contribution is 8.59. The minimum Gasteiger partial charge on any atom is -0.436 e. The van der Waals surface area contributed by atoms with Gasteiger partial charge in [-0.25, -0.2) is 4.39 Å². The minimum absolute atomic E-state index is 0.191. The van der Waals surface area contributed by atoms with Gasteiger partial charge in [0.05, 0.1) is 0 Å². The van der Waals surface area contributed by atoms with Gasteiger partial charge >= 0.3 is 0 Å². The molecule has 0 aliphatic carbocycles. The van der Waals surface area contributed by atoms with Crippen LogP contribution in [0.3, 0.4) is 0 Å². The summed E-state index contributed by atoms with van der Waals surface area (Å²) in [6.45, 7) is 0. The quantitative estimate of drug-likeness (QED) is 0.597. The van der Waals surface area contributed by atoms with Crippen LogP contribution in [-0.4, -0.2) is 4.89 Å². The van der Waals surface area contributed by atoms with E-state index < -0.39 is 11.5 Å². The predicted octanol–water partition coefficient (Wildman–Crippen LogP) is 2.35. The average Bonchev–Trinajstić information content (AvgIpc) is 1.82. The van der Waals surface area contributed by atoms with Crippen LogP contribution in [-0.2, 0) is 11.8 Å². The fraction of sp³-hybridized carbons (Fsp3) is 0. The number of hydrogen-bond donors (Lipinski definition) is 2. The highest BCUT2D eigenvalue weighted by atomic mass is 32.9. The molecule has 1 aromatic rings. The molecule has 1 aromatic carbocycles. The number of rotatable bonds is 2. The zero-order valence-electron chi connectivity index (χ0n) is 5.85. The summed E-state index contributed by atoms with van der Waals surface area (Å²) in [6.07, 6.45) is 0. The molecule has 0 amide bonds. The summed E-state index contributed by atoms with van der Waals surface area (Å²) >= 11 is 8.13. The number of hydrogen-bond acceptors (Lipinski definition) is 2. The van der Waals surface area contributed by atoms with Gasteiger partial charge < -0.3 is 9.42 Å². The van der Waals surface area contributed by atoms with Crippen LogP contribution in [0.5, 0.6) is 5.75 Å². The molecule has 12 heavy (non-hydrogen) atoms. The molecule has 6 heteroatoms. The van der Waals surface area contributed by atoms with Gasteiger partial charge in [-0.3, -0.25) is 0 Å². The van der Waals surface area contributed by atoms with Crippen LogP contribution >= 0.6 is 17.9 Å². The van der Waals surface area contributed by atoms with Gasteiger partial charge in [-0.1, -0.05) is 18.3 Å². The Balaban J connectivity index is 2.84. The van der Waals surface area contributed by atoms with Gasteiger partial charge in [-0.2, -0.15) is 0 Å². The lowest BCUT2D eigenvalue weighted by Gasteiger charge is -2.09. The Labute approximate surface area is 79.7 Å². The van der Waals surface area contributed by atoms with Crippen LogP contribution in [0, 0.1) is 5.82 Å². The second kappa shape index (κ2) is 3.75. The first-order chi connectivity index (χ1) is 5.47. The van der Waals surface area contributed by atoms with E-state index in [9.17, 15) is 4.39 Å². The number of halogens is 1. The molecule has 1 atom stereocenters. The summed E-state index contributed by atoms with van der Waals surface area (Å²) in [6, 6.07) is 5.36. The lowest BCUT2D eigenvalue weighted by Crippen LogP contribution is -1.85. The molecular formula is C6H6FO2PS2. The Kier molecular flexibility index (Phi) is 3.12. The van der Waals surface area contributed by atoms with Gasteiger partial charge in [0.15, 0.2) is 0 Å². The Morgan fingerprint density at radius 1 is 1.58 bits per heavy atom. The van der Waals surface area contributed by atoms with E-state index in [1.54, 1.807) is 0 Å². The average molecular weight is 224 g/mol. The van der Waals surface area contributed by atoms with Crippen molar-refractivity contribution in [2.45, 2.75) is 0 Å². The molecule has 0 aromatic heterocycles. The molecule has 1 N–H and O–H groups in total. The van der Waals surface area contributed by atoms with Crippen molar-refractivity contribution < 1.29 is 13.8 Å². The van der Waals surface area contributed by atoms with E-state index in [4.69, 9.17) is 9.42 Å². The van der Waals surface area contributed by atoms with E-state index in [0.717, 1.165) is 6.07 Å². The highest BCUT2D eigenvalue weighted by Crippen LogP contribution is 2.47. The van der Waals surface area contributed by atoms with Crippen molar-refractivity contribution in [3.8, 4) is 5.75 Å². The third kappa shape index (κ3) is 3.54. The van der Waals surface area contributed by atoms with E-state index in [-0.39, 0.29) is 5.75 Å². The van der Waals surface area contributed by atoms with Crippen molar-refractivity contribution >= 4 is 29.7 Å². The van der Waals surface area contributed by atoms with E-state index in [1.807, 2.05) is 0 Å². The molecule has 1 unspecified atom stereocenters. The van der Waals surface area contributed by atoms with Crippen LogP contribution in [0.15, 0.2) is 24.3 Å². The van der Waals surface area contributed by atoms with Crippen molar-refractivity contribution in [2.24, 2.45) is 0 Å². The van der Waals surface area contributed by atoms with Gasteiger partial charge in [-0.15, -0.1) is 0 Å². The molecule has 0 saturated heterocycles. The first-order valence-corrected chi connectivity index (χ1v) is 6.81. The minimum atomic E-state index is -3.05. The smallest absolute Gasteiger partial charge is 0.291 e. The summed E-state index contributed by atoms with van der Waals surface area (Å²) in [5.74, 6) is -0.250. The second-order valence-electron chi connectivity index (χ2n) is 2.04. The molecule has 0 heterocycles. The Morgan fingerprint density at radius 2 is 2.25 bits per heavy atom. The van der Waals surface area contributed by atoms with E-state index in [1.165, 1.54) is 18.2 Å². The first-order valence-electron chi connectivity index (χ1n) is 2.98. The SMILES string of the molecule is OP(=S)(S)Oc1cccc(F)c1. The summed E-state index contributed by atoms with van der Waals surface area (Å²) in [4.78, 5) is 9.01. The van der Waals surface area contributed by atoms with Crippen molar-refractivity contribution in [3.63, 3.8) is 0 Å².